The topological polar surface area (TPSA) is 12.0 Å². The molecule has 1 aromatic rings. The first-order valence-electron chi connectivity index (χ1n) is 6.48. The van der Waals surface area contributed by atoms with E-state index >= 15 is 0 Å². The molecule has 0 bridgehead atoms. The van der Waals surface area contributed by atoms with Crippen molar-refractivity contribution in [1.29, 1.82) is 0 Å². The molecule has 0 aliphatic heterocycles. The molecule has 1 aromatic carbocycles. The number of benzene rings is 1. The van der Waals surface area contributed by atoms with E-state index in [-0.39, 0.29) is 5.41 Å². The van der Waals surface area contributed by atoms with E-state index < -0.39 is 0 Å². The predicted molar refractivity (Wildman–Crippen MR) is 79.0 cm³/mol. The molecular weight excluding hydrogens is 226 g/mol. The molecule has 17 heavy (non-hydrogen) atoms. The summed E-state index contributed by atoms with van der Waals surface area (Å²) in [4.78, 5) is 1.38. The lowest BCUT2D eigenvalue weighted by Crippen LogP contribution is -2.14. The van der Waals surface area contributed by atoms with Gasteiger partial charge in [-0.1, -0.05) is 39.8 Å². The van der Waals surface area contributed by atoms with E-state index in [1.807, 2.05) is 11.8 Å². The van der Waals surface area contributed by atoms with Crippen LogP contribution < -0.4 is 5.32 Å². The van der Waals surface area contributed by atoms with Gasteiger partial charge in [-0.05, 0) is 48.4 Å². The average molecular weight is 251 g/mol. The Bertz CT molecular complexity index is 311. The van der Waals surface area contributed by atoms with Gasteiger partial charge in [-0.3, -0.25) is 0 Å². The molecule has 0 spiro atoms. The van der Waals surface area contributed by atoms with Crippen molar-refractivity contribution in [2.75, 3.05) is 18.8 Å². The minimum absolute atomic E-state index is 0.258. The van der Waals surface area contributed by atoms with Crippen molar-refractivity contribution < 1.29 is 0 Å². The smallest absolute Gasteiger partial charge is 0.00721 e. The van der Waals surface area contributed by atoms with Gasteiger partial charge in [0.1, 0.15) is 0 Å². The van der Waals surface area contributed by atoms with Gasteiger partial charge in [-0.15, -0.1) is 11.8 Å². The fourth-order valence-corrected chi connectivity index (χ4v) is 2.47. The van der Waals surface area contributed by atoms with Gasteiger partial charge >= 0.3 is 0 Å². The molecular formula is C15H25NS. The second-order valence-electron chi connectivity index (χ2n) is 5.33. The van der Waals surface area contributed by atoms with Gasteiger partial charge in [0.2, 0.25) is 0 Å². The van der Waals surface area contributed by atoms with Crippen LogP contribution in [0.25, 0.3) is 0 Å². The highest BCUT2D eigenvalue weighted by Gasteiger charge is 2.12. The fraction of sp³-hybridized carbons (Fsp3) is 0.600. The van der Waals surface area contributed by atoms with Crippen molar-refractivity contribution in [1.82, 2.24) is 5.32 Å². The van der Waals surface area contributed by atoms with Gasteiger partial charge in [0.15, 0.2) is 0 Å². The van der Waals surface area contributed by atoms with Crippen LogP contribution in [-0.4, -0.2) is 18.8 Å². The molecule has 1 N–H and O–H groups in total. The lowest BCUT2D eigenvalue weighted by molar-refractivity contribution is 0.590. The zero-order chi connectivity index (χ0) is 12.7. The van der Waals surface area contributed by atoms with Gasteiger partial charge in [-0.25, -0.2) is 0 Å². The third kappa shape index (κ3) is 5.60. The maximum absolute atomic E-state index is 3.35. The SMILES string of the molecule is CCNCCCSc1ccc(C(C)(C)C)cc1. The second kappa shape index (κ2) is 7.07. The summed E-state index contributed by atoms with van der Waals surface area (Å²) in [5, 5.41) is 3.35. The molecule has 0 aliphatic rings. The fourth-order valence-electron chi connectivity index (χ4n) is 1.62. The molecule has 96 valence electrons. The number of rotatable bonds is 6. The Morgan fingerprint density at radius 1 is 1.12 bits per heavy atom. The average Bonchev–Trinajstić information content (AvgIpc) is 2.28. The highest BCUT2D eigenvalue weighted by molar-refractivity contribution is 7.99. The summed E-state index contributed by atoms with van der Waals surface area (Å²) in [6.07, 6.45) is 1.24. The van der Waals surface area contributed by atoms with Crippen LogP contribution >= 0.6 is 11.8 Å². The van der Waals surface area contributed by atoms with E-state index in [0.29, 0.717) is 0 Å². The summed E-state index contributed by atoms with van der Waals surface area (Å²) in [7, 11) is 0. The molecule has 0 saturated carbocycles. The van der Waals surface area contributed by atoms with Crippen LogP contribution in [0.1, 0.15) is 39.7 Å². The third-order valence-corrected chi connectivity index (χ3v) is 3.84. The van der Waals surface area contributed by atoms with Crippen molar-refractivity contribution in [3.8, 4) is 0 Å². The first kappa shape index (κ1) is 14.6. The number of nitrogens with one attached hydrogen (secondary N) is 1. The second-order valence-corrected chi connectivity index (χ2v) is 6.50. The summed E-state index contributed by atoms with van der Waals surface area (Å²) >= 11 is 1.95. The molecule has 0 saturated heterocycles. The van der Waals surface area contributed by atoms with E-state index in [2.05, 4.69) is 57.3 Å². The van der Waals surface area contributed by atoms with Crippen molar-refractivity contribution in [3.63, 3.8) is 0 Å². The van der Waals surface area contributed by atoms with E-state index in [9.17, 15) is 0 Å². The predicted octanol–water partition coefficient (Wildman–Crippen LogP) is 4.08. The molecule has 0 aromatic heterocycles. The third-order valence-electron chi connectivity index (χ3n) is 2.74. The minimum atomic E-state index is 0.258. The maximum atomic E-state index is 3.35. The summed E-state index contributed by atoms with van der Waals surface area (Å²) in [5.41, 5.74) is 1.67. The molecule has 0 aliphatic carbocycles. The Kier molecular flexibility index (Phi) is 6.07. The lowest BCUT2D eigenvalue weighted by Gasteiger charge is -2.19. The summed E-state index contributed by atoms with van der Waals surface area (Å²) in [6.45, 7) is 11.1. The Hall–Kier alpha value is -0.470. The summed E-state index contributed by atoms with van der Waals surface area (Å²) in [6, 6.07) is 9.01. The van der Waals surface area contributed by atoms with Crippen molar-refractivity contribution in [2.24, 2.45) is 0 Å². The van der Waals surface area contributed by atoms with E-state index in [1.54, 1.807) is 0 Å². The standard InChI is InChI=1S/C15H25NS/c1-5-16-11-6-12-17-14-9-7-13(8-10-14)15(2,3)4/h7-10,16H,5-6,11-12H2,1-4H3. The molecule has 0 unspecified atom stereocenters. The van der Waals surface area contributed by atoms with Crippen LogP contribution in [-0.2, 0) is 5.41 Å². The van der Waals surface area contributed by atoms with E-state index in [4.69, 9.17) is 0 Å². The molecule has 0 heterocycles. The van der Waals surface area contributed by atoms with Crippen LogP contribution in [0.15, 0.2) is 29.2 Å². The van der Waals surface area contributed by atoms with Crippen LogP contribution in [0.2, 0.25) is 0 Å². The van der Waals surface area contributed by atoms with E-state index in [1.165, 1.54) is 22.6 Å². The van der Waals surface area contributed by atoms with Crippen molar-refractivity contribution >= 4 is 11.8 Å². The van der Waals surface area contributed by atoms with Gasteiger partial charge in [-0.2, -0.15) is 0 Å². The molecule has 1 nitrogen and oxygen atoms in total. The Morgan fingerprint density at radius 2 is 1.76 bits per heavy atom. The maximum Gasteiger partial charge on any atom is 0.00721 e. The van der Waals surface area contributed by atoms with Crippen LogP contribution in [0.4, 0.5) is 0 Å². The number of hydrogen-bond donors (Lipinski definition) is 1. The zero-order valence-corrected chi connectivity index (χ0v) is 12.4. The zero-order valence-electron chi connectivity index (χ0n) is 11.5. The molecule has 0 fully saturated rings. The van der Waals surface area contributed by atoms with Crippen LogP contribution in [0.5, 0.6) is 0 Å². The summed E-state index contributed by atoms with van der Waals surface area (Å²) < 4.78 is 0. The summed E-state index contributed by atoms with van der Waals surface area (Å²) in [5.74, 6) is 1.20. The lowest BCUT2D eigenvalue weighted by atomic mass is 9.87. The molecule has 0 amide bonds. The van der Waals surface area contributed by atoms with E-state index in [0.717, 1.165) is 13.1 Å². The van der Waals surface area contributed by atoms with Gasteiger partial charge < -0.3 is 5.32 Å². The van der Waals surface area contributed by atoms with Gasteiger partial charge in [0, 0.05) is 4.90 Å². The molecule has 2 heteroatoms. The quantitative estimate of drug-likeness (QED) is 0.604. The number of thioether (sulfide) groups is 1. The van der Waals surface area contributed by atoms with Gasteiger partial charge in [0.25, 0.3) is 0 Å². The monoisotopic (exact) mass is 251 g/mol. The van der Waals surface area contributed by atoms with Crippen LogP contribution in [0.3, 0.4) is 0 Å². The highest BCUT2D eigenvalue weighted by atomic mass is 32.2. The van der Waals surface area contributed by atoms with Crippen LogP contribution in [0, 0.1) is 0 Å². The minimum Gasteiger partial charge on any atom is -0.317 e. The molecule has 0 atom stereocenters. The van der Waals surface area contributed by atoms with Gasteiger partial charge in [0.05, 0.1) is 0 Å². The largest absolute Gasteiger partial charge is 0.317 e. The first-order chi connectivity index (χ1) is 8.04. The van der Waals surface area contributed by atoms with Crippen molar-refractivity contribution in [3.05, 3.63) is 29.8 Å². The molecule has 0 radical (unpaired) electrons. The Balaban J connectivity index is 2.36. The molecule has 1 rings (SSSR count). The normalized spacial score (nSPS) is 11.8. The Morgan fingerprint density at radius 3 is 2.29 bits per heavy atom. The highest BCUT2D eigenvalue weighted by Crippen LogP contribution is 2.25. The Labute approximate surface area is 110 Å². The van der Waals surface area contributed by atoms with Crippen molar-refractivity contribution in [2.45, 2.75) is 44.4 Å². The number of hydrogen-bond acceptors (Lipinski definition) is 2. The first-order valence-corrected chi connectivity index (χ1v) is 7.46.